The summed E-state index contributed by atoms with van der Waals surface area (Å²) in [6, 6.07) is 9.95. The average Bonchev–Trinajstić information content (AvgIpc) is 3.42. The van der Waals surface area contributed by atoms with Crippen molar-refractivity contribution in [3.8, 4) is 0 Å². The molecule has 3 aromatic rings. The first-order valence-corrected chi connectivity index (χ1v) is 11.8. The van der Waals surface area contributed by atoms with Crippen LogP contribution in [0.3, 0.4) is 0 Å². The van der Waals surface area contributed by atoms with Gasteiger partial charge in [-0.1, -0.05) is 42.3 Å². The van der Waals surface area contributed by atoms with Crippen molar-refractivity contribution in [3.63, 3.8) is 0 Å². The molecule has 10 heteroatoms. The van der Waals surface area contributed by atoms with Crippen molar-refractivity contribution in [2.45, 2.75) is 43.7 Å². The van der Waals surface area contributed by atoms with E-state index >= 15 is 0 Å². The topological polar surface area (TPSA) is 93.1 Å². The third-order valence-electron chi connectivity index (χ3n) is 4.78. The van der Waals surface area contributed by atoms with Crippen LogP contribution in [0.5, 0.6) is 0 Å². The summed E-state index contributed by atoms with van der Waals surface area (Å²) in [5.74, 6) is -0.193. The number of aryl methyl sites for hydroxylation is 1. The van der Waals surface area contributed by atoms with Gasteiger partial charge in [0.05, 0.1) is 26.6 Å². The van der Waals surface area contributed by atoms with Gasteiger partial charge in [0.2, 0.25) is 16.0 Å². The molecule has 0 radical (unpaired) electrons. The Balaban J connectivity index is 1.69. The number of amides is 1. The lowest BCUT2D eigenvalue weighted by atomic mass is 10.2. The van der Waals surface area contributed by atoms with Crippen LogP contribution in [0.25, 0.3) is 11.0 Å². The van der Waals surface area contributed by atoms with Gasteiger partial charge in [-0.25, -0.2) is 18.1 Å². The lowest BCUT2D eigenvalue weighted by molar-refractivity contribution is 0.102. The normalized spacial score (nSPS) is 14.2. The number of benzene rings is 2. The first-order chi connectivity index (χ1) is 14.3. The molecule has 158 valence electrons. The van der Waals surface area contributed by atoms with E-state index in [0.717, 1.165) is 30.3 Å². The Hall–Kier alpha value is -2.13. The molecule has 0 aliphatic heterocycles. The van der Waals surface area contributed by atoms with Crippen molar-refractivity contribution in [1.29, 1.82) is 0 Å². The number of rotatable bonds is 7. The first kappa shape index (κ1) is 21.1. The number of imidazole rings is 1. The van der Waals surface area contributed by atoms with E-state index in [-0.39, 0.29) is 26.5 Å². The number of fused-ring (bicyclic) bond motifs is 1. The van der Waals surface area contributed by atoms with Crippen LogP contribution >= 0.6 is 23.2 Å². The fraction of sp³-hybridized carbons (Fsp3) is 0.300. The number of carbonyl (C=O) groups is 1. The zero-order chi connectivity index (χ0) is 21.5. The second-order valence-electron chi connectivity index (χ2n) is 7.19. The molecule has 2 N–H and O–H groups in total. The van der Waals surface area contributed by atoms with E-state index in [1.54, 1.807) is 0 Å². The highest BCUT2D eigenvalue weighted by Crippen LogP contribution is 2.31. The van der Waals surface area contributed by atoms with E-state index in [0.29, 0.717) is 12.5 Å². The number of sulfonamides is 1. The number of hydrogen-bond acceptors (Lipinski definition) is 4. The van der Waals surface area contributed by atoms with Gasteiger partial charge in [0, 0.05) is 12.6 Å². The van der Waals surface area contributed by atoms with Gasteiger partial charge >= 0.3 is 0 Å². The van der Waals surface area contributed by atoms with Crippen molar-refractivity contribution >= 4 is 56.1 Å². The van der Waals surface area contributed by atoms with Gasteiger partial charge in [0.25, 0.3) is 5.91 Å². The summed E-state index contributed by atoms with van der Waals surface area (Å²) in [6.45, 7) is 2.69. The van der Waals surface area contributed by atoms with E-state index in [4.69, 9.17) is 23.2 Å². The van der Waals surface area contributed by atoms with Crippen molar-refractivity contribution in [2.75, 3.05) is 5.32 Å². The summed E-state index contributed by atoms with van der Waals surface area (Å²) in [5, 5.41) is 2.78. The monoisotopic (exact) mass is 466 g/mol. The molecule has 1 saturated carbocycles. The van der Waals surface area contributed by atoms with Crippen molar-refractivity contribution in [1.82, 2.24) is 14.3 Å². The van der Waals surface area contributed by atoms with Gasteiger partial charge < -0.3 is 4.57 Å². The molecular formula is C20H20Cl2N4O3S. The molecular weight excluding hydrogens is 447 g/mol. The Bertz CT molecular complexity index is 1240. The summed E-state index contributed by atoms with van der Waals surface area (Å²) in [6.07, 6.45) is 2.41. The van der Waals surface area contributed by atoms with Crippen LogP contribution < -0.4 is 10.0 Å². The Morgan fingerprint density at radius 2 is 1.93 bits per heavy atom. The van der Waals surface area contributed by atoms with Crippen molar-refractivity contribution in [3.05, 3.63) is 52.0 Å². The summed E-state index contributed by atoms with van der Waals surface area (Å²) < 4.78 is 29.7. The predicted molar refractivity (Wildman–Crippen MR) is 118 cm³/mol. The standard InChI is InChI=1S/C20H20Cl2N4O3S/c1-2-9-26-17-6-4-3-5-16(17)23-20(26)24-19(27)13-10-18(15(22)11-14(13)21)30(28,29)25-12-7-8-12/h3-6,10-12,25H,2,7-9H2,1H3,(H,23,24,27). The SMILES string of the molecule is CCCn1c(NC(=O)c2cc(S(=O)(=O)NC3CC3)c(Cl)cc2Cl)nc2ccccc21. The molecule has 0 saturated heterocycles. The zero-order valence-corrected chi connectivity index (χ0v) is 18.5. The van der Waals surface area contributed by atoms with Crippen LogP contribution in [0.4, 0.5) is 5.95 Å². The van der Waals surface area contributed by atoms with Crippen LogP contribution in [0.1, 0.15) is 36.5 Å². The minimum Gasteiger partial charge on any atom is -0.310 e. The van der Waals surface area contributed by atoms with Gasteiger partial charge in [-0.2, -0.15) is 0 Å². The molecule has 0 atom stereocenters. The minimum absolute atomic E-state index is 0.00680. The average molecular weight is 467 g/mol. The van der Waals surface area contributed by atoms with E-state index < -0.39 is 15.9 Å². The van der Waals surface area contributed by atoms with E-state index in [1.807, 2.05) is 35.8 Å². The summed E-state index contributed by atoms with van der Waals surface area (Å²) in [7, 11) is -3.85. The maximum Gasteiger partial charge on any atom is 0.259 e. The fourth-order valence-corrected chi connectivity index (χ4v) is 5.35. The van der Waals surface area contributed by atoms with Gasteiger partial charge in [-0.05, 0) is 43.5 Å². The zero-order valence-electron chi connectivity index (χ0n) is 16.2. The highest BCUT2D eigenvalue weighted by molar-refractivity contribution is 7.89. The largest absolute Gasteiger partial charge is 0.310 e. The second-order valence-corrected chi connectivity index (χ2v) is 9.68. The second kappa shape index (κ2) is 8.19. The molecule has 2 aromatic carbocycles. The minimum atomic E-state index is -3.85. The van der Waals surface area contributed by atoms with Crippen LogP contribution in [0.2, 0.25) is 10.0 Å². The number of anilines is 1. The summed E-state index contributed by atoms with van der Waals surface area (Å²) in [5.41, 5.74) is 1.65. The number of carbonyl (C=O) groups excluding carboxylic acids is 1. The van der Waals surface area contributed by atoms with Crippen LogP contribution in [0, 0.1) is 0 Å². The molecule has 1 fully saturated rings. The Kier molecular flexibility index (Phi) is 5.76. The lowest BCUT2D eigenvalue weighted by Crippen LogP contribution is -2.26. The third kappa shape index (κ3) is 4.18. The molecule has 0 bridgehead atoms. The fourth-order valence-electron chi connectivity index (χ4n) is 3.18. The van der Waals surface area contributed by atoms with Gasteiger partial charge in [-0.15, -0.1) is 0 Å². The summed E-state index contributed by atoms with van der Waals surface area (Å²) >= 11 is 12.3. The molecule has 1 amide bonds. The molecule has 4 rings (SSSR count). The van der Waals surface area contributed by atoms with Crippen molar-refractivity contribution in [2.24, 2.45) is 0 Å². The van der Waals surface area contributed by atoms with Gasteiger partial charge in [0.15, 0.2) is 0 Å². The van der Waals surface area contributed by atoms with Crippen LogP contribution in [0.15, 0.2) is 41.3 Å². The molecule has 7 nitrogen and oxygen atoms in total. The molecule has 1 aliphatic carbocycles. The van der Waals surface area contributed by atoms with Crippen LogP contribution in [-0.2, 0) is 16.6 Å². The van der Waals surface area contributed by atoms with E-state index in [9.17, 15) is 13.2 Å². The molecule has 1 heterocycles. The highest BCUT2D eigenvalue weighted by Gasteiger charge is 2.30. The number of nitrogens with zero attached hydrogens (tertiary/aromatic N) is 2. The quantitative estimate of drug-likeness (QED) is 0.537. The van der Waals surface area contributed by atoms with E-state index in [2.05, 4.69) is 15.0 Å². The maximum absolute atomic E-state index is 13.0. The molecule has 30 heavy (non-hydrogen) atoms. The smallest absolute Gasteiger partial charge is 0.259 e. The summed E-state index contributed by atoms with van der Waals surface area (Å²) in [4.78, 5) is 17.3. The molecule has 1 aliphatic rings. The number of para-hydroxylation sites is 2. The van der Waals surface area contributed by atoms with Gasteiger partial charge in [0.1, 0.15) is 4.90 Å². The van der Waals surface area contributed by atoms with Crippen molar-refractivity contribution < 1.29 is 13.2 Å². The Morgan fingerprint density at radius 3 is 2.63 bits per heavy atom. The molecule has 0 spiro atoms. The van der Waals surface area contributed by atoms with Crippen LogP contribution in [-0.4, -0.2) is 29.9 Å². The number of hydrogen-bond donors (Lipinski definition) is 2. The third-order valence-corrected chi connectivity index (χ3v) is 7.08. The first-order valence-electron chi connectivity index (χ1n) is 9.58. The maximum atomic E-state index is 13.0. The van der Waals surface area contributed by atoms with E-state index in [1.165, 1.54) is 12.1 Å². The highest BCUT2D eigenvalue weighted by atomic mass is 35.5. The Labute approximate surface area is 184 Å². The molecule has 0 unspecified atom stereocenters. The van der Waals surface area contributed by atoms with Gasteiger partial charge in [-0.3, -0.25) is 10.1 Å². The number of aromatic nitrogens is 2. The number of nitrogens with one attached hydrogen (secondary N) is 2. The lowest BCUT2D eigenvalue weighted by Gasteiger charge is -2.12. The molecule has 1 aromatic heterocycles. The Morgan fingerprint density at radius 1 is 1.20 bits per heavy atom. The number of halogens is 2. The predicted octanol–water partition coefficient (Wildman–Crippen LogP) is 4.45.